The highest BCUT2D eigenvalue weighted by molar-refractivity contribution is 5.94. The fourth-order valence-corrected chi connectivity index (χ4v) is 3.88. The largest absolute Gasteiger partial charge is 0.368 e. The zero-order valence-electron chi connectivity index (χ0n) is 16.2. The summed E-state index contributed by atoms with van der Waals surface area (Å²) < 4.78 is 2.01. The van der Waals surface area contributed by atoms with Crippen LogP contribution in [0.25, 0.3) is 0 Å². The molecule has 0 fully saturated rings. The fraction of sp³-hybridized carbons (Fsp3) is 0.304. The Bertz CT molecular complexity index is 918. The Hall–Kier alpha value is -3.08. The van der Waals surface area contributed by atoms with E-state index in [1.165, 1.54) is 11.3 Å². The molecule has 0 unspecified atom stereocenters. The van der Waals surface area contributed by atoms with Gasteiger partial charge in [0.1, 0.15) is 0 Å². The Morgan fingerprint density at radius 1 is 1.18 bits per heavy atom. The summed E-state index contributed by atoms with van der Waals surface area (Å²) >= 11 is 0. The van der Waals surface area contributed by atoms with E-state index in [0.717, 1.165) is 31.5 Å². The van der Waals surface area contributed by atoms with Gasteiger partial charge in [0.25, 0.3) is 5.91 Å². The van der Waals surface area contributed by atoms with Gasteiger partial charge in [0.2, 0.25) is 0 Å². The second kappa shape index (κ2) is 8.30. The first-order valence-corrected chi connectivity index (χ1v) is 9.88. The minimum absolute atomic E-state index is 0.0101. The lowest BCUT2D eigenvalue weighted by molar-refractivity contribution is 0.0953. The number of nitrogens with one attached hydrogen (secondary N) is 1. The van der Waals surface area contributed by atoms with E-state index in [4.69, 9.17) is 0 Å². The molecule has 0 aliphatic carbocycles. The van der Waals surface area contributed by atoms with Crippen molar-refractivity contribution < 1.29 is 4.79 Å². The average molecular weight is 374 g/mol. The van der Waals surface area contributed by atoms with Crippen molar-refractivity contribution >= 4 is 11.6 Å². The molecule has 0 bridgehead atoms. The summed E-state index contributed by atoms with van der Waals surface area (Å²) in [6, 6.07) is 16.9. The molecule has 2 heterocycles. The van der Waals surface area contributed by atoms with Gasteiger partial charge in [-0.05, 0) is 49.1 Å². The Kier molecular flexibility index (Phi) is 5.42. The summed E-state index contributed by atoms with van der Waals surface area (Å²) in [5, 5.41) is 3.05. The summed E-state index contributed by atoms with van der Waals surface area (Å²) in [7, 11) is 0. The molecule has 5 nitrogen and oxygen atoms in total. The number of rotatable bonds is 7. The maximum atomic E-state index is 12.4. The molecule has 4 rings (SSSR count). The maximum absolute atomic E-state index is 12.4. The van der Waals surface area contributed by atoms with Crippen LogP contribution in [-0.4, -0.2) is 34.6 Å². The summed E-state index contributed by atoms with van der Waals surface area (Å²) in [5.41, 5.74) is 4.62. The molecule has 2 aromatic carbocycles. The molecule has 0 spiro atoms. The van der Waals surface area contributed by atoms with E-state index >= 15 is 0 Å². The van der Waals surface area contributed by atoms with Crippen molar-refractivity contribution in [3.63, 3.8) is 0 Å². The van der Waals surface area contributed by atoms with E-state index in [-0.39, 0.29) is 5.91 Å². The van der Waals surface area contributed by atoms with Crippen LogP contribution in [0.1, 0.15) is 34.8 Å². The molecule has 1 atom stereocenters. The third-order valence-electron chi connectivity index (χ3n) is 5.35. The first-order chi connectivity index (χ1) is 13.7. The van der Waals surface area contributed by atoms with E-state index < -0.39 is 0 Å². The molecule has 144 valence electrons. The number of hydrogen-bond acceptors (Lipinski definition) is 3. The van der Waals surface area contributed by atoms with E-state index in [2.05, 4.69) is 46.4 Å². The zero-order valence-corrected chi connectivity index (χ0v) is 16.2. The number of anilines is 1. The van der Waals surface area contributed by atoms with Gasteiger partial charge in [-0.3, -0.25) is 4.79 Å². The Balaban J connectivity index is 1.25. The molecule has 1 aliphatic heterocycles. The predicted octanol–water partition coefficient (Wildman–Crippen LogP) is 3.50. The molecule has 0 saturated carbocycles. The molecule has 1 aliphatic rings. The molecule has 28 heavy (non-hydrogen) atoms. The second-order valence-electron chi connectivity index (χ2n) is 7.42. The number of imidazole rings is 1. The number of fused-ring (bicyclic) bond motifs is 1. The van der Waals surface area contributed by atoms with Crippen molar-refractivity contribution in [3.8, 4) is 0 Å². The van der Waals surface area contributed by atoms with Gasteiger partial charge in [0, 0.05) is 49.3 Å². The first-order valence-electron chi connectivity index (χ1n) is 9.88. The number of carbonyl (C=O) groups is 1. The summed E-state index contributed by atoms with van der Waals surface area (Å²) in [5.74, 6) is -0.0101. The van der Waals surface area contributed by atoms with Crippen LogP contribution in [0.15, 0.2) is 67.3 Å². The zero-order chi connectivity index (χ0) is 19.3. The number of hydrogen-bond donors (Lipinski definition) is 1. The topological polar surface area (TPSA) is 50.2 Å². The van der Waals surface area contributed by atoms with Crippen molar-refractivity contribution in [1.82, 2.24) is 14.9 Å². The molecule has 1 aromatic heterocycles. The highest BCUT2D eigenvalue weighted by Gasteiger charge is 2.24. The minimum Gasteiger partial charge on any atom is -0.368 e. The van der Waals surface area contributed by atoms with E-state index in [0.29, 0.717) is 18.2 Å². The van der Waals surface area contributed by atoms with Crippen LogP contribution in [0.3, 0.4) is 0 Å². The van der Waals surface area contributed by atoms with Crippen molar-refractivity contribution in [3.05, 3.63) is 83.9 Å². The number of amides is 1. The van der Waals surface area contributed by atoms with Crippen LogP contribution in [0, 0.1) is 0 Å². The molecular weight excluding hydrogens is 348 g/mol. The average Bonchev–Trinajstić information content (AvgIpc) is 3.33. The summed E-state index contributed by atoms with van der Waals surface area (Å²) in [4.78, 5) is 18.9. The molecular formula is C23H26N4O. The maximum Gasteiger partial charge on any atom is 0.251 e. The second-order valence-corrected chi connectivity index (χ2v) is 7.42. The number of nitrogens with zero attached hydrogens (tertiary/aromatic N) is 3. The monoisotopic (exact) mass is 374 g/mol. The van der Waals surface area contributed by atoms with Crippen LogP contribution in [-0.2, 0) is 13.0 Å². The third-order valence-corrected chi connectivity index (χ3v) is 5.35. The predicted molar refractivity (Wildman–Crippen MR) is 112 cm³/mol. The Labute approximate surface area is 166 Å². The lowest BCUT2D eigenvalue weighted by Crippen LogP contribution is -2.33. The van der Waals surface area contributed by atoms with Crippen molar-refractivity contribution in [2.45, 2.75) is 32.4 Å². The molecule has 3 aromatic rings. The molecule has 5 heteroatoms. The van der Waals surface area contributed by atoms with Gasteiger partial charge in [0.05, 0.1) is 6.33 Å². The van der Waals surface area contributed by atoms with Gasteiger partial charge in [-0.15, -0.1) is 0 Å². The van der Waals surface area contributed by atoms with Gasteiger partial charge >= 0.3 is 0 Å². The highest BCUT2D eigenvalue weighted by atomic mass is 16.1. The smallest absolute Gasteiger partial charge is 0.251 e. The number of benzene rings is 2. The Morgan fingerprint density at radius 2 is 2.00 bits per heavy atom. The van der Waals surface area contributed by atoms with Gasteiger partial charge in [-0.1, -0.05) is 30.3 Å². The Morgan fingerprint density at radius 3 is 2.79 bits per heavy atom. The minimum atomic E-state index is -0.0101. The van der Waals surface area contributed by atoms with Crippen LogP contribution in [0.4, 0.5) is 5.69 Å². The highest BCUT2D eigenvalue weighted by Crippen LogP contribution is 2.31. The molecule has 1 amide bonds. The number of carbonyl (C=O) groups excluding carboxylic acids is 1. The van der Waals surface area contributed by atoms with Crippen molar-refractivity contribution in [1.29, 1.82) is 0 Å². The number of aromatic nitrogens is 2. The van der Waals surface area contributed by atoms with Crippen LogP contribution < -0.4 is 10.2 Å². The van der Waals surface area contributed by atoms with Crippen LogP contribution >= 0.6 is 0 Å². The van der Waals surface area contributed by atoms with E-state index in [1.54, 1.807) is 12.5 Å². The van der Waals surface area contributed by atoms with Gasteiger partial charge in [-0.25, -0.2) is 4.98 Å². The van der Waals surface area contributed by atoms with Crippen LogP contribution in [0.5, 0.6) is 0 Å². The fourth-order valence-electron chi connectivity index (χ4n) is 3.88. The van der Waals surface area contributed by atoms with Gasteiger partial charge < -0.3 is 14.8 Å². The normalized spacial score (nSPS) is 15.5. The van der Waals surface area contributed by atoms with Crippen molar-refractivity contribution in [2.75, 3.05) is 18.0 Å². The first kappa shape index (κ1) is 18.3. The quantitative estimate of drug-likeness (QED) is 0.644. The van der Waals surface area contributed by atoms with Crippen LogP contribution in [0.2, 0.25) is 0 Å². The van der Waals surface area contributed by atoms with Gasteiger partial charge in [0.15, 0.2) is 0 Å². The molecule has 0 radical (unpaired) electrons. The lowest BCUT2D eigenvalue weighted by atomic mass is 10.1. The van der Waals surface area contributed by atoms with E-state index in [1.807, 2.05) is 35.0 Å². The van der Waals surface area contributed by atoms with Gasteiger partial charge in [-0.2, -0.15) is 0 Å². The summed E-state index contributed by atoms with van der Waals surface area (Å²) in [6.07, 6.45) is 7.53. The summed E-state index contributed by atoms with van der Waals surface area (Å²) in [6.45, 7) is 4.67. The lowest BCUT2D eigenvalue weighted by Gasteiger charge is -2.24. The standard InChI is InChI=1S/C23H26N4O/c1-18-15-21-5-2-3-6-22(21)27(18)13-4-11-25-23(28)20-9-7-19(8-10-20)16-26-14-12-24-17-26/h2-3,5-10,12,14,17-18H,4,11,13,15-16H2,1H3,(H,25,28)/t18-/m0/s1. The molecule has 1 N–H and O–H groups in total. The van der Waals surface area contributed by atoms with E-state index in [9.17, 15) is 4.79 Å². The SMILES string of the molecule is C[C@H]1Cc2ccccc2N1CCCNC(=O)c1ccc(Cn2ccnc2)cc1. The third kappa shape index (κ3) is 4.09. The van der Waals surface area contributed by atoms with Crippen molar-refractivity contribution in [2.24, 2.45) is 0 Å². The molecule has 0 saturated heterocycles. The number of para-hydroxylation sites is 1.